The van der Waals surface area contributed by atoms with Crippen molar-refractivity contribution in [2.24, 2.45) is 0 Å². The predicted octanol–water partition coefficient (Wildman–Crippen LogP) is 2.86. The highest BCUT2D eigenvalue weighted by molar-refractivity contribution is 8.01. The Morgan fingerprint density at radius 3 is 2.52 bits per heavy atom. The van der Waals surface area contributed by atoms with E-state index in [4.69, 9.17) is 4.74 Å². The maximum absolute atomic E-state index is 11.9. The van der Waals surface area contributed by atoms with Crippen LogP contribution in [0.1, 0.15) is 9.67 Å². The number of nitrogens with zero attached hydrogens (tertiary/aromatic N) is 1. The van der Waals surface area contributed by atoms with Crippen LogP contribution in [0.5, 0.6) is 0 Å². The monoisotopic (exact) mass is 323 g/mol. The highest BCUT2D eigenvalue weighted by atomic mass is 32.2. The van der Waals surface area contributed by atoms with Crippen LogP contribution in [0.25, 0.3) is 11.3 Å². The maximum atomic E-state index is 11.9. The number of carbonyl (C=O) groups excluding carboxylic acids is 2. The molecule has 0 bridgehead atoms. The number of hydrogen-bond acceptors (Lipinski definition) is 7. The molecule has 0 unspecified atom stereocenters. The lowest BCUT2D eigenvalue weighted by Crippen LogP contribution is -2.02. The van der Waals surface area contributed by atoms with E-state index < -0.39 is 5.97 Å². The second kappa shape index (κ2) is 7.24. The summed E-state index contributed by atoms with van der Waals surface area (Å²) < 4.78 is 10.0. The third kappa shape index (κ3) is 3.83. The summed E-state index contributed by atoms with van der Waals surface area (Å²) in [6.45, 7) is 0. The predicted molar refractivity (Wildman–Crippen MR) is 81.6 cm³/mol. The number of rotatable bonds is 5. The molecule has 0 fully saturated rings. The summed E-state index contributed by atoms with van der Waals surface area (Å²) in [5.41, 5.74) is 1.40. The fraction of sp³-hybridized carbons (Fsp3) is 0.214. The Morgan fingerprint density at radius 2 is 1.90 bits per heavy atom. The van der Waals surface area contributed by atoms with E-state index in [-0.39, 0.29) is 11.7 Å². The Morgan fingerprint density at radius 1 is 1.19 bits per heavy atom. The molecule has 1 aromatic carbocycles. The molecule has 0 aliphatic rings. The second-order valence-electron chi connectivity index (χ2n) is 3.88. The van der Waals surface area contributed by atoms with Gasteiger partial charge in [0.25, 0.3) is 0 Å². The molecule has 0 N–H and O–H groups in total. The summed E-state index contributed by atoms with van der Waals surface area (Å²) in [6.07, 6.45) is 0. The van der Waals surface area contributed by atoms with Gasteiger partial charge in [0, 0.05) is 5.56 Å². The molecule has 5 nitrogen and oxygen atoms in total. The van der Waals surface area contributed by atoms with Crippen molar-refractivity contribution >= 4 is 35.0 Å². The van der Waals surface area contributed by atoms with Crippen molar-refractivity contribution in [3.63, 3.8) is 0 Å². The standard InChI is InChI=1S/C14H13NO4S2/c1-18-10(16)8-20-14-15-11(9-6-4-3-5-7-9)12(21-14)13(17)19-2/h3-7H,8H2,1-2H3. The Bertz CT molecular complexity index is 640. The second-order valence-corrected chi connectivity index (χ2v) is 6.10. The molecule has 7 heteroatoms. The molecule has 0 saturated heterocycles. The lowest BCUT2D eigenvalue weighted by atomic mass is 10.1. The van der Waals surface area contributed by atoms with Crippen LogP contribution in [0, 0.1) is 0 Å². The molecule has 0 aliphatic heterocycles. The molecule has 0 radical (unpaired) electrons. The van der Waals surface area contributed by atoms with Crippen LogP contribution in [-0.4, -0.2) is 36.9 Å². The van der Waals surface area contributed by atoms with Crippen molar-refractivity contribution in [2.45, 2.75) is 4.34 Å². The van der Waals surface area contributed by atoms with E-state index in [2.05, 4.69) is 9.72 Å². The van der Waals surface area contributed by atoms with Crippen molar-refractivity contribution in [3.05, 3.63) is 35.2 Å². The van der Waals surface area contributed by atoms with E-state index >= 15 is 0 Å². The average Bonchev–Trinajstić information content (AvgIpc) is 2.97. The third-order valence-corrected chi connectivity index (χ3v) is 4.72. The molecule has 2 rings (SSSR count). The van der Waals surface area contributed by atoms with E-state index in [0.717, 1.165) is 5.56 Å². The van der Waals surface area contributed by atoms with Crippen LogP contribution in [0.15, 0.2) is 34.7 Å². The SMILES string of the molecule is COC(=O)CSc1nc(-c2ccccc2)c(C(=O)OC)s1. The van der Waals surface area contributed by atoms with E-state index in [1.54, 1.807) is 0 Å². The topological polar surface area (TPSA) is 65.5 Å². The number of esters is 2. The summed E-state index contributed by atoms with van der Waals surface area (Å²) in [6, 6.07) is 9.38. The quantitative estimate of drug-likeness (QED) is 0.623. The van der Waals surface area contributed by atoms with Gasteiger partial charge in [-0.3, -0.25) is 4.79 Å². The Kier molecular flexibility index (Phi) is 5.35. The third-order valence-electron chi connectivity index (χ3n) is 2.57. The lowest BCUT2D eigenvalue weighted by molar-refractivity contribution is -0.137. The van der Waals surface area contributed by atoms with E-state index in [9.17, 15) is 9.59 Å². The summed E-state index contributed by atoms with van der Waals surface area (Å²) >= 11 is 2.44. The molecule has 1 aromatic heterocycles. The highest BCUT2D eigenvalue weighted by Gasteiger charge is 2.20. The number of thiazole rings is 1. The first-order valence-corrected chi connectivity index (χ1v) is 7.80. The van der Waals surface area contributed by atoms with Crippen molar-refractivity contribution in [1.82, 2.24) is 4.98 Å². The van der Waals surface area contributed by atoms with Gasteiger partial charge in [-0.15, -0.1) is 0 Å². The minimum atomic E-state index is -0.434. The molecule has 110 valence electrons. The molecular formula is C14H13NO4S2. The molecule has 21 heavy (non-hydrogen) atoms. The van der Waals surface area contributed by atoms with Crippen molar-refractivity contribution in [1.29, 1.82) is 0 Å². The maximum Gasteiger partial charge on any atom is 0.350 e. The summed E-state index contributed by atoms with van der Waals surface area (Å²) in [7, 11) is 2.66. The van der Waals surface area contributed by atoms with Crippen LogP contribution < -0.4 is 0 Å². The zero-order valence-electron chi connectivity index (χ0n) is 11.5. The van der Waals surface area contributed by atoms with E-state index in [1.807, 2.05) is 30.3 Å². The molecule has 0 spiro atoms. The van der Waals surface area contributed by atoms with Crippen molar-refractivity contribution < 1.29 is 19.1 Å². The first kappa shape index (κ1) is 15.5. The first-order valence-electron chi connectivity index (χ1n) is 6.00. The van der Waals surface area contributed by atoms with Crippen LogP contribution in [-0.2, 0) is 14.3 Å². The molecule has 0 saturated carbocycles. The lowest BCUT2D eigenvalue weighted by Gasteiger charge is -1.99. The summed E-state index contributed by atoms with van der Waals surface area (Å²) in [5, 5.41) is 0. The zero-order valence-corrected chi connectivity index (χ0v) is 13.1. The number of carbonyl (C=O) groups is 2. The molecule has 2 aromatic rings. The molecular weight excluding hydrogens is 310 g/mol. The number of thioether (sulfide) groups is 1. The van der Waals surface area contributed by atoms with Gasteiger partial charge in [0.1, 0.15) is 4.88 Å². The minimum absolute atomic E-state index is 0.152. The van der Waals surface area contributed by atoms with Gasteiger partial charge in [-0.05, 0) is 0 Å². The van der Waals surface area contributed by atoms with Gasteiger partial charge < -0.3 is 9.47 Å². The highest BCUT2D eigenvalue weighted by Crippen LogP contribution is 2.33. The number of benzene rings is 1. The van der Waals surface area contributed by atoms with Crippen LogP contribution >= 0.6 is 23.1 Å². The molecule has 1 heterocycles. The first-order chi connectivity index (χ1) is 10.2. The number of methoxy groups -OCH3 is 2. The van der Waals surface area contributed by atoms with E-state index in [0.29, 0.717) is 14.9 Å². The van der Waals surface area contributed by atoms with Crippen LogP contribution in [0.4, 0.5) is 0 Å². The smallest absolute Gasteiger partial charge is 0.350 e. The van der Waals surface area contributed by atoms with Gasteiger partial charge >= 0.3 is 11.9 Å². The van der Waals surface area contributed by atoms with Gasteiger partial charge in [0.2, 0.25) is 0 Å². The number of hydrogen-bond donors (Lipinski definition) is 0. The van der Waals surface area contributed by atoms with Gasteiger partial charge in [-0.2, -0.15) is 0 Å². The van der Waals surface area contributed by atoms with Crippen LogP contribution in [0.3, 0.4) is 0 Å². The minimum Gasteiger partial charge on any atom is -0.468 e. The van der Waals surface area contributed by atoms with Gasteiger partial charge in [0.15, 0.2) is 4.34 Å². The normalized spacial score (nSPS) is 10.2. The molecule has 0 amide bonds. The number of ether oxygens (including phenoxy) is 2. The largest absolute Gasteiger partial charge is 0.468 e. The summed E-state index contributed by atoms with van der Waals surface area (Å²) in [5.74, 6) is -0.619. The summed E-state index contributed by atoms with van der Waals surface area (Å²) in [4.78, 5) is 27.9. The molecule has 0 atom stereocenters. The Balaban J connectivity index is 2.32. The average molecular weight is 323 g/mol. The number of aromatic nitrogens is 1. The molecule has 0 aliphatic carbocycles. The Labute approximate surface area is 130 Å². The van der Waals surface area contributed by atoms with Gasteiger partial charge in [-0.25, -0.2) is 9.78 Å². The van der Waals surface area contributed by atoms with Crippen molar-refractivity contribution in [3.8, 4) is 11.3 Å². The fourth-order valence-electron chi connectivity index (χ4n) is 1.56. The van der Waals surface area contributed by atoms with Gasteiger partial charge in [0.05, 0.1) is 25.7 Å². The zero-order chi connectivity index (χ0) is 15.2. The van der Waals surface area contributed by atoms with Crippen LogP contribution in [0.2, 0.25) is 0 Å². The fourth-order valence-corrected chi connectivity index (χ4v) is 3.48. The van der Waals surface area contributed by atoms with Gasteiger partial charge in [-0.1, -0.05) is 53.4 Å². The Hall–Kier alpha value is -1.86. The van der Waals surface area contributed by atoms with Crippen molar-refractivity contribution in [2.75, 3.05) is 20.0 Å². The van der Waals surface area contributed by atoms with E-state index in [1.165, 1.54) is 37.3 Å².